The number of hydrogen-bond donors (Lipinski definition) is 1. The summed E-state index contributed by atoms with van der Waals surface area (Å²) in [6.45, 7) is 4.41. The summed E-state index contributed by atoms with van der Waals surface area (Å²) in [6.07, 6.45) is 0. The van der Waals surface area contributed by atoms with Crippen LogP contribution in [0.4, 0.5) is 0 Å². The standard InChI is InChI=1S/C13H18ClNO2/c1-9(2)11(7-15)13(16)17-8-10-5-3-4-6-12(10)14/h3-6,9,11H,7-8,15H2,1-2H3. The lowest BCUT2D eigenvalue weighted by Gasteiger charge is -2.17. The van der Waals surface area contributed by atoms with Crippen LogP contribution in [0.5, 0.6) is 0 Å². The molecule has 17 heavy (non-hydrogen) atoms. The first-order chi connectivity index (χ1) is 8.06. The summed E-state index contributed by atoms with van der Waals surface area (Å²) in [4.78, 5) is 11.8. The second-order valence-electron chi connectivity index (χ2n) is 4.29. The van der Waals surface area contributed by atoms with Gasteiger partial charge in [-0.25, -0.2) is 0 Å². The van der Waals surface area contributed by atoms with Gasteiger partial charge < -0.3 is 10.5 Å². The Morgan fingerprint density at radius 3 is 2.59 bits per heavy atom. The number of rotatable bonds is 5. The number of hydrogen-bond acceptors (Lipinski definition) is 3. The number of carbonyl (C=O) groups is 1. The zero-order valence-corrected chi connectivity index (χ0v) is 10.9. The molecule has 1 rings (SSSR count). The van der Waals surface area contributed by atoms with E-state index in [0.29, 0.717) is 11.6 Å². The molecular formula is C13H18ClNO2. The van der Waals surface area contributed by atoms with Gasteiger partial charge in [-0.2, -0.15) is 0 Å². The van der Waals surface area contributed by atoms with Crippen LogP contribution in [-0.2, 0) is 16.1 Å². The summed E-state index contributed by atoms with van der Waals surface area (Å²) in [5.41, 5.74) is 6.35. The Labute approximate surface area is 107 Å². The number of esters is 1. The molecule has 0 aliphatic rings. The van der Waals surface area contributed by atoms with E-state index in [1.54, 1.807) is 6.07 Å². The molecule has 2 N–H and O–H groups in total. The molecule has 0 saturated heterocycles. The highest BCUT2D eigenvalue weighted by atomic mass is 35.5. The van der Waals surface area contributed by atoms with Gasteiger partial charge in [-0.05, 0) is 12.0 Å². The van der Waals surface area contributed by atoms with E-state index in [1.807, 2.05) is 32.0 Å². The average Bonchev–Trinajstić information content (AvgIpc) is 2.28. The Morgan fingerprint density at radius 1 is 1.41 bits per heavy atom. The Bertz CT molecular complexity index is 379. The minimum absolute atomic E-state index is 0.179. The van der Waals surface area contributed by atoms with Crippen molar-refractivity contribution in [1.82, 2.24) is 0 Å². The molecule has 0 bridgehead atoms. The van der Waals surface area contributed by atoms with Crippen molar-refractivity contribution >= 4 is 17.6 Å². The maximum Gasteiger partial charge on any atom is 0.310 e. The number of nitrogens with two attached hydrogens (primary N) is 1. The van der Waals surface area contributed by atoms with Gasteiger partial charge in [0.25, 0.3) is 0 Å². The lowest BCUT2D eigenvalue weighted by atomic mass is 9.96. The van der Waals surface area contributed by atoms with Gasteiger partial charge in [0.05, 0.1) is 5.92 Å². The summed E-state index contributed by atoms with van der Waals surface area (Å²) in [5.74, 6) is -0.335. The topological polar surface area (TPSA) is 52.3 Å². The van der Waals surface area contributed by atoms with Crippen LogP contribution >= 0.6 is 11.6 Å². The summed E-state index contributed by atoms with van der Waals surface area (Å²) in [6, 6.07) is 7.30. The van der Waals surface area contributed by atoms with Crippen molar-refractivity contribution in [2.45, 2.75) is 20.5 Å². The second kappa shape index (κ2) is 6.62. The van der Waals surface area contributed by atoms with Crippen LogP contribution in [0.3, 0.4) is 0 Å². The van der Waals surface area contributed by atoms with Crippen molar-refractivity contribution in [1.29, 1.82) is 0 Å². The molecule has 1 aromatic rings. The molecular weight excluding hydrogens is 238 g/mol. The summed E-state index contributed by atoms with van der Waals surface area (Å²) in [5, 5.41) is 0.606. The van der Waals surface area contributed by atoms with Gasteiger partial charge in [0.15, 0.2) is 0 Å². The van der Waals surface area contributed by atoms with Crippen molar-refractivity contribution in [3.05, 3.63) is 34.9 Å². The third kappa shape index (κ3) is 4.02. The van der Waals surface area contributed by atoms with Crippen LogP contribution in [-0.4, -0.2) is 12.5 Å². The van der Waals surface area contributed by atoms with Gasteiger partial charge in [0.1, 0.15) is 6.61 Å². The summed E-state index contributed by atoms with van der Waals surface area (Å²) >= 11 is 5.97. The van der Waals surface area contributed by atoms with E-state index in [9.17, 15) is 4.79 Å². The van der Waals surface area contributed by atoms with Crippen molar-refractivity contribution in [3.63, 3.8) is 0 Å². The molecule has 0 radical (unpaired) electrons. The Kier molecular flexibility index (Phi) is 5.45. The third-order valence-electron chi connectivity index (χ3n) is 2.69. The molecule has 0 aromatic heterocycles. The van der Waals surface area contributed by atoms with Crippen LogP contribution in [0.2, 0.25) is 5.02 Å². The van der Waals surface area contributed by atoms with Crippen molar-refractivity contribution in [2.24, 2.45) is 17.6 Å². The zero-order chi connectivity index (χ0) is 12.8. The first-order valence-corrected chi connectivity index (χ1v) is 6.04. The molecule has 0 heterocycles. The van der Waals surface area contributed by atoms with Gasteiger partial charge in [-0.1, -0.05) is 43.6 Å². The van der Waals surface area contributed by atoms with E-state index in [2.05, 4.69) is 0 Å². The van der Waals surface area contributed by atoms with Gasteiger partial charge in [-0.15, -0.1) is 0 Å². The summed E-state index contributed by atoms with van der Waals surface area (Å²) in [7, 11) is 0. The number of ether oxygens (including phenoxy) is 1. The van der Waals surface area contributed by atoms with Gasteiger partial charge in [0.2, 0.25) is 0 Å². The third-order valence-corrected chi connectivity index (χ3v) is 3.06. The van der Waals surface area contributed by atoms with E-state index >= 15 is 0 Å². The molecule has 0 amide bonds. The predicted octanol–water partition coefficient (Wildman–Crippen LogP) is 2.61. The first-order valence-electron chi connectivity index (χ1n) is 5.66. The van der Waals surface area contributed by atoms with Crippen LogP contribution in [0, 0.1) is 11.8 Å². The highest BCUT2D eigenvalue weighted by molar-refractivity contribution is 6.31. The lowest BCUT2D eigenvalue weighted by molar-refractivity contribution is -0.151. The smallest absolute Gasteiger partial charge is 0.310 e. The van der Waals surface area contributed by atoms with Gasteiger partial charge >= 0.3 is 5.97 Å². The molecule has 1 unspecified atom stereocenters. The Morgan fingerprint density at radius 2 is 2.06 bits per heavy atom. The predicted molar refractivity (Wildman–Crippen MR) is 68.6 cm³/mol. The molecule has 4 heteroatoms. The maximum absolute atomic E-state index is 11.8. The van der Waals surface area contributed by atoms with Gasteiger partial charge in [0, 0.05) is 17.1 Å². The molecule has 0 saturated carbocycles. The quantitative estimate of drug-likeness (QED) is 0.823. The molecule has 1 aromatic carbocycles. The molecule has 3 nitrogen and oxygen atoms in total. The SMILES string of the molecule is CC(C)C(CN)C(=O)OCc1ccccc1Cl. The van der Waals surface area contributed by atoms with Crippen LogP contribution in [0.15, 0.2) is 24.3 Å². The largest absolute Gasteiger partial charge is 0.460 e. The van der Waals surface area contributed by atoms with E-state index in [-0.39, 0.29) is 24.4 Å². The molecule has 0 fully saturated rings. The highest BCUT2D eigenvalue weighted by Gasteiger charge is 2.22. The van der Waals surface area contributed by atoms with Crippen LogP contribution < -0.4 is 5.73 Å². The minimum atomic E-state index is -0.262. The van der Waals surface area contributed by atoms with Crippen molar-refractivity contribution < 1.29 is 9.53 Å². The molecule has 0 aliphatic heterocycles. The zero-order valence-electron chi connectivity index (χ0n) is 10.2. The van der Waals surface area contributed by atoms with E-state index in [4.69, 9.17) is 22.1 Å². The van der Waals surface area contributed by atoms with E-state index < -0.39 is 0 Å². The number of benzene rings is 1. The fourth-order valence-electron chi connectivity index (χ4n) is 1.51. The molecule has 0 spiro atoms. The van der Waals surface area contributed by atoms with Crippen molar-refractivity contribution in [2.75, 3.05) is 6.54 Å². The van der Waals surface area contributed by atoms with Gasteiger partial charge in [-0.3, -0.25) is 4.79 Å². The minimum Gasteiger partial charge on any atom is -0.460 e. The second-order valence-corrected chi connectivity index (χ2v) is 4.69. The van der Waals surface area contributed by atoms with Crippen LogP contribution in [0.25, 0.3) is 0 Å². The molecule has 94 valence electrons. The van der Waals surface area contributed by atoms with E-state index in [1.165, 1.54) is 0 Å². The molecule has 0 aliphatic carbocycles. The fraction of sp³-hybridized carbons (Fsp3) is 0.462. The fourth-order valence-corrected chi connectivity index (χ4v) is 1.70. The van der Waals surface area contributed by atoms with E-state index in [0.717, 1.165) is 5.56 Å². The normalized spacial score (nSPS) is 12.5. The highest BCUT2D eigenvalue weighted by Crippen LogP contribution is 2.17. The van der Waals surface area contributed by atoms with Crippen molar-refractivity contribution in [3.8, 4) is 0 Å². The van der Waals surface area contributed by atoms with Crippen LogP contribution in [0.1, 0.15) is 19.4 Å². The Hall–Kier alpha value is -1.06. The molecule has 1 atom stereocenters. The first kappa shape index (κ1) is 14.0. The number of carbonyl (C=O) groups excluding carboxylic acids is 1. The summed E-state index contributed by atoms with van der Waals surface area (Å²) < 4.78 is 5.22. The lowest BCUT2D eigenvalue weighted by Crippen LogP contribution is -2.29. The monoisotopic (exact) mass is 255 g/mol. The maximum atomic E-state index is 11.8. The Balaban J connectivity index is 2.56. The number of halogens is 1. The average molecular weight is 256 g/mol.